The van der Waals surface area contributed by atoms with Gasteiger partial charge in [-0.2, -0.15) is 0 Å². The van der Waals surface area contributed by atoms with E-state index in [0.29, 0.717) is 113 Å². The number of amides is 4. The molecule has 2 heterocycles. The van der Waals surface area contributed by atoms with Crippen LogP contribution in [0.4, 0.5) is 21.9 Å². The summed E-state index contributed by atoms with van der Waals surface area (Å²) in [5, 5.41) is 6.33. The van der Waals surface area contributed by atoms with Gasteiger partial charge in [-0.3, -0.25) is 14.5 Å². The molecule has 0 spiro atoms. The lowest BCUT2D eigenvalue weighted by atomic mass is 9.71. The normalized spacial score (nSPS) is 20.3. The van der Waals surface area contributed by atoms with Gasteiger partial charge in [-0.15, -0.1) is 0 Å². The highest BCUT2D eigenvalue weighted by molar-refractivity contribution is 6.31. The van der Waals surface area contributed by atoms with E-state index in [1.165, 1.54) is 11.0 Å². The van der Waals surface area contributed by atoms with Gasteiger partial charge >= 0.3 is 6.03 Å². The molecule has 0 aromatic heterocycles. The van der Waals surface area contributed by atoms with E-state index in [-0.39, 0.29) is 17.9 Å². The Bertz CT molecular complexity index is 1780. The van der Waals surface area contributed by atoms with Crippen LogP contribution < -0.4 is 26.0 Å². The van der Waals surface area contributed by atoms with Crippen LogP contribution in [-0.2, 0) is 45.2 Å². The van der Waals surface area contributed by atoms with Crippen molar-refractivity contribution in [2.45, 2.75) is 37.8 Å². The highest BCUT2D eigenvalue weighted by Gasteiger charge is 2.56. The zero-order valence-electron chi connectivity index (χ0n) is 32.1. The van der Waals surface area contributed by atoms with Gasteiger partial charge in [0, 0.05) is 60.1 Å². The smallest absolute Gasteiger partial charge is 0.323 e. The first kappa shape index (κ1) is 43.1. The fraction of sp³-hybridized carbons (Fsp3) is 0.475. The van der Waals surface area contributed by atoms with Crippen molar-refractivity contribution in [3.63, 3.8) is 0 Å². The summed E-state index contributed by atoms with van der Waals surface area (Å²) in [6.45, 7) is 10.3. The van der Waals surface area contributed by atoms with Crippen LogP contribution in [0, 0.1) is 0 Å². The number of hydrogen-bond donors (Lipinski definition) is 3. The molecule has 0 saturated carbocycles. The molecule has 2 aliphatic heterocycles. The average Bonchev–Trinajstić information content (AvgIpc) is 3.16. The lowest BCUT2D eigenvalue weighted by Crippen LogP contribution is -2.64. The molecule has 16 heteroatoms. The SMILES string of the molecule is CN(C(=O)C1(C(N)=O)CC(C)(C)c2cc(Cl)cc(NC(=O)Nc3ccc(Cl)cc3)c2O1)c1cccc(CN2CCOCCOCCOCCOCCOCC2)c1. The quantitative estimate of drug-likeness (QED) is 0.260. The molecule has 14 nitrogen and oxygen atoms in total. The lowest BCUT2D eigenvalue weighted by Gasteiger charge is -2.44. The minimum absolute atomic E-state index is 0.0837. The summed E-state index contributed by atoms with van der Waals surface area (Å²) < 4.78 is 34.7. The third kappa shape index (κ3) is 11.8. The molecule has 1 atom stereocenters. The highest BCUT2D eigenvalue weighted by atomic mass is 35.5. The van der Waals surface area contributed by atoms with E-state index in [0.717, 1.165) is 5.56 Å². The van der Waals surface area contributed by atoms with Crippen molar-refractivity contribution in [2.75, 3.05) is 102 Å². The monoisotopic (exact) mass is 815 g/mol. The van der Waals surface area contributed by atoms with Crippen LogP contribution in [0.25, 0.3) is 0 Å². The molecule has 3 aromatic carbocycles. The Labute approximate surface area is 337 Å². The molecule has 5 rings (SSSR count). The number of nitrogens with two attached hydrogens (primary N) is 1. The largest absolute Gasteiger partial charge is 0.465 e. The maximum atomic E-state index is 14.6. The lowest BCUT2D eigenvalue weighted by molar-refractivity contribution is -0.150. The molecule has 1 unspecified atom stereocenters. The Morgan fingerprint density at radius 1 is 0.768 bits per heavy atom. The minimum atomic E-state index is -2.13. The molecule has 0 aliphatic carbocycles. The maximum Gasteiger partial charge on any atom is 0.323 e. The topological polar surface area (TPSA) is 163 Å². The second kappa shape index (κ2) is 20.4. The predicted octanol–water partition coefficient (Wildman–Crippen LogP) is 5.48. The molecule has 2 aliphatic rings. The second-order valence-corrected chi connectivity index (χ2v) is 15.0. The number of anilines is 3. The molecule has 1 fully saturated rings. The minimum Gasteiger partial charge on any atom is -0.465 e. The third-order valence-corrected chi connectivity index (χ3v) is 9.91. The standard InChI is InChI=1S/C40H51Cl2N5O9/c1-39(2)27-40(36(43)48,56-35-33(39)24-30(42)25-34(35)45-38(50)44-31-9-7-29(41)8-10-31)37(49)46(3)32-6-4-5-28(23-32)26-47-11-13-51-15-17-53-19-21-55-22-20-54-18-16-52-14-12-47/h4-10,23-25H,11-22,26-27H2,1-3H3,(H2,43,48)(H2,44,45,50). The van der Waals surface area contributed by atoms with Gasteiger partial charge in [0.25, 0.3) is 17.4 Å². The Morgan fingerprint density at radius 3 is 1.91 bits per heavy atom. The van der Waals surface area contributed by atoms with E-state index in [4.69, 9.17) is 57.4 Å². The first-order chi connectivity index (χ1) is 26.9. The fourth-order valence-corrected chi connectivity index (χ4v) is 6.90. The summed E-state index contributed by atoms with van der Waals surface area (Å²) >= 11 is 12.5. The molecular weight excluding hydrogens is 765 g/mol. The van der Waals surface area contributed by atoms with Gasteiger partial charge in [0.2, 0.25) is 0 Å². The van der Waals surface area contributed by atoms with Crippen LogP contribution in [0.5, 0.6) is 5.75 Å². The van der Waals surface area contributed by atoms with Gasteiger partial charge in [0.05, 0.1) is 71.8 Å². The Balaban J connectivity index is 1.33. The van der Waals surface area contributed by atoms with E-state index in [1.807, 2.05) is 32.0 Å². The van der Waals surface area contributed by atoms with Crippen molar-refractivity contribution >= 4 is 58.1 Å². The highest BCUT2D eigenvalue weighted by Crippen LogP contribution is 2.50. The Morgan fingerprint density at radius 2 is 1.34 bits per heavy atom. The molecule has 0 radical (unpaired) electrons. The number of hydrogen-bond acceptors (Lipinski definition) is 10. The van der Waals surface area contributed by atoms with Crippen LogP contribution in [0.1, 0.15) is 31.4 Å². The van der Waals surface area contributed by atoms with E-state index >= 15 is 0 Å². The number of ether oxygens (including phenoxy) is 6. The molecule has 0 bridgehead atoms. The number of fused-ring (bicyclic) bond motifs is 1. The van der Waals surface area contributed by atoms with Crippen molar-refractivity contribution in [3.05, 3.63) is 81.8 Å². The summed E-state index contributed by atoms with van der Waals surface area (Å²) in [5.41, 5.74) is 5.79. The number of carbonyl (C=O) groups is 3. The summed E-state index contributed by atoms with van der Waals surface area (Å²) in [4.78, 5) is 44.8. The number of halogens is 2. The van der Waals surface area contributed by atoms with Crippen molar-refractivity contribution in [3.8, 4) is 5.75 Å². The molecular formula is C40H51Cl2N5O9. The van der Waals surface area contributed by atoms with Gasteiger partial charge in [0.15, 0.2) is 0 Å². The fourth-order valence-electron chi connectivity index (χ4n) is 6.56. The third-order valence-electron chi connectivity index (χ3n) is 9.44. The number of carbonyl (C=O) groups excluding carboxylic acids is 3. The Kier molecular flexibility index (Phi) is 15.7. The molecule has 4 amide bonds. The van der Waals surface area contributed by atoms with Gasteiger partial charge < -0.3 is 49.7 Å². The van der Waals surface area contributed by atoms with Gasteiger partial charge in [-0.25, -0.2) is 4.79 Å². The van der Waals surface area contributed by atoms with Crippen molar-refractivity contribution in [1.29, 1.82) is 0 Å². The van der Waals surface area contributed by atoms with Gasteiger partial charge in [0.1, 0.15) is 5.75 Å². The van der Waals surface area contributed by atoms with Crippen molar-refractivity contribution in [2.24, 2.45) is 5.73 Å². The van der Waals surface area contributed by atoms with Crippen LogP contribution in [-0.4, -0.2) is 115 Å². The Hall–Kier alpha value is -3.99. The predicted molar refractivity (Wildman–Crippen MR) is 215 cm³/mol. The maximum absolute atomic E-state index is 14.6. The molecule has 1 saturated heterocycles. The second-order valence-electron chi connectivity index (χ2n) is 14.1. The number of rotatable bonds is 7. The number of likely N-dealkylation sites (N-methyl/N-ethyl adjacent to an activating group) is 1. The number of nitrogens with zero attached hydrogens (tertiary/aromatic N) is 2. The molecule has 4 N–H and O–H groups in total. The number of nitrogens with one attached hydrogen (secondary N) is 2. The van der Waals surface area contributed by atoms with E-state index in [1.54, 1.807) is 43.4 Å². The van der Waals surface area contributed by atoms with E-state index < -0.39 is 28.9 Å². The van der Waals surface area contributed by atoms with Crippen molar-refractivity contribution < 1.29 is 42.8 Å². The molecule has 56 heavy (non-hydrogen) atoms. The summed E-state index contributed by atoms with van der Waals surface area (Å²) in [7, 11) is 1.58. The zero-order valence-corrected chi connectivity index (χ0v) is 33.6. The summed E-state index contributed by atoms with van der Waals surface area (Å²) in [6, 6.07) is 16.6. The zero-order chi connectivity index (χ0) is 40.1. The van der Waals surface area contributed by atoms with Crippen LogP contribution in [0.2, 0.25) is 10.0 Å². The number of urea groups is 1. The first-order valence-corrected chi connectivity index (χ1v) is 19.3. The first-order valence-electron chi connectivity index (χ1n) is 18.5. The molecule has 304 valence electrons. The molecule has 3 aromatic rings. The van der Waals surface area contributed by atoms with Gasteiger partial charge in [-0.1, -0.05) is 49.2 Å². The summed E-state index contributed by atoms with van der Waals surface area (Å²) in [5.74, 6) is -1.52. The summed E-state index contributed by atoms with van der Waals surface area (Å²) in [6.07, 6.45) is -0.0837. The number of primary amides is 1. The number of benzene rings is 3. The average molecular weight is 817 g/mol. The van der Waals surface area contributed by atoms with Crippen LogP contribution in [0.15, 0.2) is 60.7 Å². The van der Waals surface area contributed by atoms with Gasteiger partial charge in [-0.05, 0) is 59.5 Å². The van der Waals surface area contributed by atoms with E-state index in [9.17, 15) is 14.4 Å². The van der Waals surface area contributed by atoms with E-state index in [2.05, 4.69) is 15.5 Å². The van der Waals surface area contributed by atoms with Crippen LogP contribution >= 0.6 is 23.2 Å². The van der Waals surface area contributed by atoms with Crippen molar-refractivity contribution in [1.82, 2.24) is 4.90 Å². The van der Waals surface area contributed by atoms with Crippen LogP contribution in [0.3, 0.4) is 0 Å².